The van der Waals surface area contributed by atoms with E-state index in [0.29, 0.717) is 21.5 Å². The Morgan fingerprint density at radius 2 is 1.62 bits per heavy atom. The number of nitrogens with two attached hydrogens (primary N) is 1. The van der Waals surface area contributed by atoms with Crippen LogP contribution in [-0.2, 0) is 0 Å². The molecule has 2 aromatic rings. The zero-order valence-corrected chi connectivity index (χ0v) is 13.6. The van der Waals surface area contributed by atoms with Gasteiger partial charge in [0.1, 0.15) is 0 Å². The van der Waals surface area contributed by atoms with Crippen LogP contribution in [0.5, 0.6) is 11.5 Å². The first-order chi connectivity index (χ1) is 9.99. The lowest BCUT2D eigenvalue weighted by Crippen LogP contribution is -2.13. The molecule has 2 N–H and O–H groups in total. The molecule has 112 valence electrons. The van der Waals surface area contributed by atoms with Crippen LogP contribution in [0.25, 0.3) is 0 Å². The highest BCUT2D eigenvalue weighted by Crippen LogP contribution is 2.38. The third-order valence-corrected chi connectivity index (χ3v) is 4.24. The zero-order valence-electron chi connectivity index (χ0n) is 12.1. The highest BCUT2D eigenvalue weighted by Gasteiger charge is 2.19. The van der Waals surface area contributed by atoms with Crippen molar-refractivity contribution in [2.45, 2.75) is 13.0 Å². The summed E-state index contributed by atoms with van der Waals surface area (Å²) in [5.74, 6) is 1.14. The molecule has 1 unspecified atom stereocenters. The molecule has 1 atom stereocenters. The normalized spacial score (nSPS) is 12.1. The molecule has 5 heteroatoms. The summed E-state index contributed by atoms with van der Waals surface area (Å²) in [6, 6.07) is 8.79. The van der Waals surface area contributed by atoms with Gasteiger partial charge in [-0.3, -0.25) is 0 Å². The van der Waals surface area contributed by atoms with Crippen LogP contribution < -0.4 is 15.2 Å². The van der Waals surface area contributed by atoms with Gasteiger partial charge in [-0.15, -0.1) is 0 Å². The summed E-state index contributed by atoms with van der Waals surface area (Å²) in [4.78, 5) is 0. The van der Waals surface area contributed by atoms with Gasteiger partial charge in [0.05, 0.1) is 20.3 Å². The van der Waals surface area contributed by atoms with E-state index in [1.54, 1.807) is 26.4 Å². The minimum Gasteiger partial charge on any atom is -0.493 e. The van der Waals surface area contributed by atoms with Crippen molar-refractivity contribution < 1.29 is 9.47 Å². The topological polar surface area (TPSA) is 44.5 Å². The first kappa shape index (κ1) is 16.0. The van der Waals surface area contributed by atoms with E-state index >= 15 is 0 Å². The SMILES string of the molecule is COc1cc(Cl)c(C(N)c2cccc(C)c2Cl)cc1OC. The van der Waals surface area contributed by atoms with E-state index in [1.807, 2.05) is 25.1 Å². The average molecular weight is 326 g/mol. The molecular weight excluding hydrogens is 309 g/mol. The van der Waals surface area contributed by atoms with Gasteiger partial charge in [0.25, 0.3) is 0 Å². The van der Waals surface area contributed by atoms with Crippen molar-refractivity contribution in [2.75, 3.05) is 14.2 Å². The lowest BCUT2D eigenvalue weighted by Gasteiger charge is -2.19. The molecule has 0 amide bonds. The predicted octanol–water partition coefficient (Wildman–Crippen LogP) is 4.37. The van der Waals surface area contributed by atoms with E-state index in [1.165, 1.54) is 0 Å². The van der Waals surface area contributed by atoms with Gasteiger partial charge in [0.2, 0.25) is 0 Å². The monoisotopic (exact) mass is 325 g/mol. The summed E-state index contributed by atoms with van der Waals surface area (Å²) in [6.07, 6.45) is 0. The first-order valence-corrected chi connectivity index (χ1v) is 7.17. The third kappa shape index (κ3) is 3.10. The quantitative estimate of drug-likeness (QED) is 0.907. The Morgan fingerprint density at radius 3 is 2.24 bits per heavy atom. The van der Waals surface area contributed by atoms with Crippen molar-refractivity contribution in [3.8, 4) is 11.5 Å². The Bertz CT molecular complexity index is 659. The Balaban J connectivity index is 2.53. The fraction of sp³-hybridized carbons (Fsp3) is 0.250. The van der Waals surface area contributed by atoms with Gasteiger partial charge in [-0.05, 0) is 29.7 Å². The molecule has 0 aliphatic heterocycles. The van der Waals surface area contributed by atoms with Crippen LogP contribution in [-0.4, -0.2) is 14.2 Å². The number of aryl methyl sites for hydroxylation is 1. The van der Waals surface area contributed by atoms with Gasteiger partial charge in [0.15, 0.2) is 11.5 Å². The number of methoxy groups -OCH3 is 2. The summed E-state index contributed by atoms with van der Waals surface area (Å²) in [7, 11) is 3.13. The van der Waals surface area contributed by atoms with Crippen molar-refractivity contribution in [3.05, 3.63) is 57.1 Å². The number of hydrogen-bond donors (Lipinski definition) is 1. The van der Waals surface area contributed by atoms with Crippen LogP contribution in [0.3, 0.4) is 0 Å². The van der Waals surface area contributed by atoms with Gasteiger partial charge >= 0.3 is 0 Å². The van der Waals surface area contributed by atoms with E-state index in [9.17, 15) is 0 Å². The second-order valence-corrected chi connectivity index (χ2v) is 5.47. The number of halogens is 2. The van der Waals surface area contributed by atoms with Crippen LogP contribution >= 0.6 is 23.2 Å². The second-order valence-electron chi connectivity index (χ2n) is 4.68. The second kappa shape index (κ2) is 6.56. The summed E-state index contributed by atoms with van der Waals surface area (Å²) in [5.41, 5.74) is 8.87. The van der Waals surface area contributed by atoms with E-state index in [2.05, 4.69) is 0 Å². The van der Waals surface area contributed by atoms with Crippen LogP contribution in [0.2, 0.25) is 10.0 Å². The number of ether oxygens (including phenoxy) is 2. The summed E-state index contributed by atoms with van der Waals surface area (Å²) in [5, 5.41) is 1.16. The van der Waals surface area contributed by atoms with Crippen molar-refractivity contribution in [3.63, 3.8) is 0 Å². The molecule has 21 heavy (non-hydrogen) atoms. The fourth-order valence-corrected chi connectivity index (χ4v) is 2.70. The molecule has 0 heterocycles. The van der Waals surface area contributed by atoms with Crippen LogP contribution in [0, 0.1) is 6.92 Å². The molecule has 0 aliphatic rings. The van der Waals surface area contributed by atoms with E-state index in [0.717, 1.165) is 16.7 Å². The lowest BCUT2D eigenvalue weighted by atomic mass is 9.97. The summed E-state index contributed by atoms with van der Waals surface area (Å²) in [6.45, 7) is 1.94. The standard InChI is InChI=1S/C16H17Cl2NO2/c1-9-5-4-6-10(15(9)18)16(19)11-7-13(20-2)14(21-3)8-12(11)17/h4-8,16H,19H2,1-3H3. The highest BCUT2D eigenvalue weighted by molar-refractivity contribution is 6.33. The molecule has 0 fully saturated rings. The Kier molecular flexibility index (Phi) is 4.99. The van der Waals surface area contributed by atoms with Crippen LogP contribution in [0.4, 0.5) is 0 Å². The molecule has 2 rings (SSSR count). The number of hydrogen-bond acceptors (Lipinski definition) is 3. The molecular formula is C16H17Cl2NO2. The molecule has 0 aromatic heterocycles. The summed E-state index contributed by atoms with van der Waals surface area (Å²) < 4.78 is 10.5. The summed E-state index contributed by atoms with van der Waals surface area (Å²) >= 11 is 12.7. The van der Waals surface area contributed by atoms with Crippen LogP contribution in [0.15, 0.2) is 30.3 Å². The van der Waals surface area contributed by atoms with Gasteiger partial charge in [-0.25, -0.2) is 0 Å². The predicted molar refractivity (Wildman–Crippen MR) is 86.8 cm³/mol. The maximum atomic E-state index is 6.34. The zero-order chi connectivity index (χ0) is 15.6. The minimum atomic E-state index is -0.440. The fourth-order valence-electron chi connectivity index (χ4n) is 2.19. The Labute approximate surface area is 134 Å². The smallest absolute Gasteiger partial charge is 0.162 e. The highest BCUT2D eigenvalue weighted by atomic mass is 35.5. The van der Waals surface area contributed by atoms with Gasteiger partial charge in [-0.1, -0.05) is 41.4 Å². The van der Waals surface area contributed by atoms with Gasteiger partial charge in [-0.2, -0.15) is 0 Å². The van der Waals surface area contributed by atoms with E-state index in [4.69, 9.17) is 38.4 Å². The molecule has 0 saturated carbocycles. The molecule has 0 aliphatic carbocycles. The van der Waals surface area contributed by atoms with Gasteiger partial charge < -0.3 is 15.2 Å². The lowest BCUT2D eigenvalue weighted by molar-refractivity contribution is 0.354. The molecule has 3 nitrogen and oxygen atoms in total. The maximum Gasteiger partial charge on any atom is 0.162 e. The first-order valence-electron chi connectivity index (χ1n) is 6.41. The van der Waals surface area contributed by atoms with Gasteiger partial charge in [0, 0.05) is 16.1 Å². The van der Waals surface area contributed by atoms with E-state index in [-0.39, 0.29) is 0 Å². The van der Waals surface area contributed by atoms with E-state index < -0.39 is 6.04 Å². The van der Waals surface area contributed by atoms with Crippen molar-refractivity contribution in [1.82, 2.24) is 0 Å². The Hall–Kier alpha value is -1.42. The Morgan fingerprint density at radius 1 is 1.00 bits per heavy atom. The molecule has 0 bridgehead atoms. The molecule has 2 aromatic carbocycles. The van der Waals surface area contributed by atoms with Crippen molar-refractivity contribution >= 4 is 23.2 Å². The number of benzene rings is 2. The van der Waals surface area contributed by atoms with Crippen LogP contribution in [0.1, 0.15) is 22.7 Å². The largest absolute Gasteiger partial charge is 0.493 e. The molecule has 0 radical (unpaired) electrons. The minimum absolute atomic E-state index is 0.440. The number of rotatable bonds is 4. The molecule has 0 saturated heterocycles. The van der Waals surface area contributed by atoms with Crippen molar-refractivity contribution in [2.24, 2.45) is 5.73 Å². The van der Waals surface area contributed by atoms with Crippen molar-refractivity contribution in [1.29, 1.82) is 0 Å². The third-order valence-electron chi connectivity index (χ3n) is 3.39. The molecule has 0 spiro atoms. The average Bonchev–Trinajstić information content (AvgIpc) is 2.49. The maximum absolute atomic E-state index is 6.34.